The molecule has 0 atom stereocenters. The predicted molar refractivity (Wildman–Crippen MR) is 126 cm³/mol. The molecule has 0 bridgehead atoms. The number of aromatic nitrogens is 2. The molecule has 0 radical (unpaired) electrons. The van der Waals surface area contributed by atoms with Crippen LogP contribution >= 0.6 is 0 Å². The van der Waals surface area contributed by atoms with E-state index >= 15 is 0 Å². The minimum Gasteiger partial charge on any atom is -0.467 e. The van der Waals surface area contributed by atoms with Gasteiger partial charge in [-0.05, 0) is 56.5 Å². The second kappa shape index (κ2) is 10.0. The van der Waals surface area contributed by atoms with Crippen molar-refractivity contribution in [2.45, 2.75) is 39.3 Å². The van der Waals surface area contributed by atoms with E-state index in [9.17, 15) is 14.9 Å². The van der Waals surface area contributed by atoms with Crippen LogP contribution in [0.1, 0.15) is 52.0 Å². The maximum absolute atomic E-state index is 13.0. The summed E-state index contributed by atoms with van der Waals surface area (Å²) >= 11 is 0. The molecule has 9 nitrogen and oxygen atoms in total. The summed E-state index contributed by atoms with van der Waals surface area (Å²) in [5.74, 6) is 0.743. The number of piperidine rings is 1. The summed E-state index contributed by atoms with van der Waals surface area (Å²) < 4.78 is 14.2. The Morgan fingerprint density at radius 3 is 2.65 bits per heavy atom. The summed E-state index contributed by atoms with van der Waals surface area (Å²) in [6.07, 6.45) is 5.15. The fraction of sp³-hybridized carbons (Fsp3) is 0.400. The fourth-order valence-electron chi connectivity index (χ4n) is 4.61. The molecular formula is C25H29N5O4. The van der Waals surface area contributed by atoms with Gasteiger partial charge in [-0.15, -0.1) is 0 Å². The Hall–Kier alpha value is -3.77. The highest BCUT2D eigenvalue weighted by molar-refractivity contribution is 5.93. The molecule has 34 heavy (non-hydrogen) atoms. The largest absolute Gasteiger partial charge is 0.467 e. The number of carbonyl (C=O) groups is 2. The average Bonchev–Trinajstić information content (AvgIpc) is 3.57. The molecule has 1 N–H and O–H groups in total. The standard InChI is InChI=1S/C25H29N5O4/c1-17-18(2)30(15-20-6-5-13-34-20)24(21(17)14-26)27-23(31)16-28-11-8-19(9-12-28)29-10-4-7-22(29)25(32)33-3/h4-7,10,13,19H,8-9,11-12,15-16H2,1-3H3,(H,27,31). The van der Waals surface area contributed by atoms with Gasteiger partial charge in [0.2, 0.25) is 5.91 Å². The van der Waals surface area contributed by atoms with Crippen LogP contribution in [0.2, 0.25) is 0 Å². The molecule has 1 amide bonds. The van der Waals surface area contributed by atoms with Crippen LogP contribution in [-0.4, -0.2) is 52.7 Å². The molecule has 4 heterocycles. The first kappa shape index (κ1) is 23.4. The van der Waals surface area contributed by atoms with E-state index in [1.807, 2.05) is 47.4 Å². The number of likely N-dealkylation sites (tertiary alicyclic amines) is 1. The van der Waals surface area contributed by atoms with Crippen LogP contribution in [-0.2, 0) is 16.1 Å². The van der Waals surface area contributed by atoms with Gasteiger partial charge in [0.15, 0.2) is 0 Å². The van der Waals surface area contributed by atoms with Crippen LogP contribution < -0.4 is 5.32 Å². The van der Waals surface area contributed by atoms with E-state index in [1.165, 1.54) is 7.11 Å². The number of rotatable bonds is 7. The van der Waals surface area contributed by atoms with Crippen LogP contribution in [0.15, 0.2) is 41.1 Å². The summed E-state index contributed by atoms with van der Waals surface area (Å²) in [5.41, 5.74) is 2.78. The first-order valence-electron chi connectivity index (χ1n) is 11.3. The molecule has 0 saturated carbocycles. The van der Waals surface area contributed by atoms with Gasteiger partial charge in [-0.25, -0.2) is 4.79 Å². The third-order valence-corrected chi connectivity index (χ3v) is 6.58. The quantitative estimate of drug-likeness (QED) is 0.538. The Kier molecular flexibility index (Phi) is 6.89. The summed E-state index contributed by atoms with van der Waals surface area (Å²) in [7, 11) is 1.38. The highest BCUT2D eigenvalue weighted by Crippen LogP contribution is 2.28. The molecule has 3 aromatic rings. The smallest absolute Gasteiger partial charge is 0.354 e. The Bertz CT molecular complexity index is 1210. The number of anilines is 1. The second-order valence-corrected chi connectivity index (χ2v) is 8.56. The minimum atomic E-state index is -0.344. The molecular weight excluding hydrogens is 434 g/mol. The van der Waals surface area contributed by atoms with Crippen LogP contribution in [0, 0.1) is 25.2 Å². The maximum atomic E-state index is 13.0. The fourth-order valence-corrected chi connectivity index (χ4v) is 4.61. The number of nitrogens with one attached hydrogen (secondary N) is 1. The number of furan rings is 1. The minimum absolute atomic E-state index is 0.163. The van der Waals surface area contributed by atoms with Crippen molar-refractivity contribution < 1.29 is 18.7 Å². The van der Waals surface area contributed by atoms with Gasteiger partial charge in [0.1, 0.15) is 23.3 Å². The third-order valence-electron chi connectivity index (χ3n) is 6.58. The van der Waals surface area contributed by atoms with Crippen molar-refractivity contribution in [2.75, 3.05) is 32.1 Å². The molecule has 178 valence electrons. The highest BCUT2D eigenvalue weighted by atomic mass is 16.5. The maximum Gasteiger partial charge on any atom is 0.354 e. The predicted octanol–water partition coefficient (Wildman–Crippen LogP) is 3.48. The summed E-state index contributed by atoms with van der Waals surface area (Å²) in [6, 6.07) is 9.71. The average molecular weight is 464 g/mol. The van der Waals surface area contributed by atoms with Crippen molar-refractivity contribution in [3.05, 3.63) is 65.0 Å². The van der Waals surface area contributed by atoms with Gasteiger partial charge < -0.3 is 23.6 Å². The van der Waals surface area contributed by atoms with E-state index < -0.39 is 0 Å². The zero-order valence-corrected chi connectivity index (χ0v) is 19.7. The van der Waals surface area contributed by atoms with Gasteiger partial charge in [-0.2, -0.15) is 5.26 Å². The molecule has 0 unspecified atom stereocenters. The Morgan fingerprint density at radius 2 is 2.00 bits per heavy atom. The number of ether oxygens (including phenoxy) is 1. The molecule has 0 aliphatic carbocycles. The van der Waals surface area contributed by atoms with E-state index in [4.69, 9.17) is 9.15 Å². The first-order chi connectivity index (χ1) is 16.4. The van der Waals surface area contributed by atoms with Gasteiger partial charge in [0.05, 0.1) is 32.0 Å². The molecule has 0 aromatic carbocycles. The third kappa shape index (κ3) is 4.63. The molecule has 4 rings (SSSR count). The van der Waals surface area contributed by atoms with E-state index in [0.717, 1.165) is 42.9 Å². The topological polar surface area (TPSA) is 105 Å². The second-order valence-electron chi connectivity index (χ2n) is 8.56. The monoisotopic (exact) mass is 463 g/mol. The molecule has 3 aromatic heterocycles. The van der Waals surface area contributed by atoms with Crippen molar-refractivity contribution in [2.24, 2.45) is 0 Å². The number of amides is 1. The summed E-state index contributed by atoms with van der Waals surface area (Å²) in [5, 5.41) is 12.7. The number of carbonyl (C=O) groups excluding carboxylic acids is 2. The van der Waals surface area contributed by atoms with Crippen LogP contribution in [0.5, 0.6) is 0 Å². The normalized spacial score (nSPS) is 14.6. The lowest BCUT2D eigenvalue weighted by Crippen LogP contribution is -2.40. The number of nitriles is 1. The van der Waals surface area contributed by atoms with Crippen LogP contribution in [0.25, 0.3) is 0 Å². The van der Waals surface area contributed by atoms with Crippen LogP contribution in [0.3, 0.4) is 0 Å². The van der Waals surface area contributed by atoms with Crippen molar-refractivity contribution in [1.29, 1.82) is 5.26 Å². The van der Waals surface area contributed by atoms with Crippen molar-refractivity contribution in [3.8, 4) is 6.07 Å². The SMILES string of the molecule is COC(=O)c1cccn1C1CCN(CC(=O)Nc2c(C#N)c(C)c(C)n2Cc2ccco2)CC1. The Labute approximate surface area is 198 Å². The Morgan fingerprint density at radius 1 is 1.24 bits per heavy atom. The lowest BCUT2D eigenvalue weighted by Gasteiger charge is -2.32. The molecule has 1 aliphatic heterocycles. The van der Waals surface area contributed by atoms with Gasteiger partial charge in [0, 0.05) is 31.0 Å². The molecule has 1 aliphatic rings. The zero-order chi connectivity index (χ0) is 24.2. The molecule has 9 heteroatoms. The lowest BCUT2D eigenvalue weighted by atomic mass is 10.0. The van der Waals surface area contributed by atoms with Gasteiger partial charge in [0.25, 0.3) is 0 Å². The van der Waals surface area contributed by atoms with Crippen LogP contribution in [0.4, 0.5) is 5.82 Å². The van der Waals surface area contributed by atoms with Crippen molar-refractivity contribution in [3.63, 3.8) is 0 Å². The van der Waals surface area contributed by atoms with Gasteiger partial charge in [-0.1, -0.05) is 0 Å². The van der Waals surface area contributed by atoms with Crippen molar-refractivity contribution >= 4 is 17.7 Å². The number of esters is 1. The summed E-state index contributed by atoms with van der Waals surface area (Å²) in [6.45, 7) is 5.94. The number of nitrogens with zero attached hydrogens (tertiary/aromatic N) is 4. The molecule has 1 fully saturated rings. The van der Waals surface area contributed by atoms with E-state index in [-0.39, 0.29) is 24.5 Å². The zero-order valence-electron chi connectivity index (χ0n) is 19.7. The summed E-state index contributed by atoms with van der Waals surface area (Å²) in [4.78, 5) is 27.0. The van der Waals surface area contributed by atoms with Gasteiger partial charge in [-0.3, -0.25) is 9.69 Å². The van der Waals surface area contributed by atoms with E-state index in [1.54, 1.807) is 12.3 Å². The molecule has 1 saturated heterocycles. The number of methoxy groups -OCH3 is 1. The highest BCUT2D eigenvalue weighted by Gasteiger charge is 2.26. The van der Waals surface area contributed by atoms with E-state index in [0.29, 0.717) is 23.6 Å². The number of hydrogen-bond donors (Lipinski definition) is 1. The van der Waals surface area contributed by atoms with Gasteiger partial charge >= 0.3 is 5.97 Å². The molecule has 0 spiro atoms. The lowest BCUT2D eigenvalue weighted by molar-refractivity contribution is -0.117. The Balaban J connectivity index is 1.41. The number of hydrogen-bond acceptors (Lipinski definition) is 6. The van der Waals surface area contributed by atoms with Crippen molar-refractivity contribution in [1.82, 2.24) is 14.0 Å². The van der Waals surface area contributed by atoms with E-state index in [2.05, 4.69) is 16.3 Å². The first-order valence-corrected chi connectivity index (χ1v) is 11.3.